The minimum atomic E-state index is -0.438. The van der Waals surface area contributed by atoms with Crippen LogP contribution in [0.2, 0.25) is 0 Å². The summed E-state index contributed by atoms with van der Waals surface area (Å²) in [6.07, 6.45) is 0. The van der Waals surface area contributed by atoms with Gasteiger partial charge in [-0.3, -0.25) is 5.10 Å². The first-order valence-corrected chi connectivity index (χ1v) is 11.3. The lowest BCUT2D eigenvalue weighted by atomic mass is 9.83. The van der Waals surface area contributed by atoms with Crippen LogP contribution in [0.4, 0.5) is 0 Å². The molecule has 7 nitrogen and oxygen atoms in total. The van der Waals surface area contributed by atoms with Crippen LogP contribution >= 0.6 is 0 Å². The summed E-state index contributed by atoms with van der Waals surface area (Å²) in [5.74, 6) is 1.50. The number of H-pyrrole nitrogens is 1. The van der Waals surface area contributed by atoms with E-state index in [0.717, 1.165) is 39.4 Å². The number of fused-ring (bicyclic) bond motifs is 1. The third-order valence-corrected chi connectivity index (χ3v) is 5.85. The molecule has 174 valence electrons. The van der Waals surface area contributed by atoms with Crippen molar-refractivity contribution < 1.29 is 14.2 Å². The predicted molar refractivity (Wildman–Crippen MR) is 132 cm³/mol. The second kappa shape index (κ2) is 9.65. The van der Waals surface area contributed by atoms with E-state index in [1.165, 1.54) is 0 Å². The van der Waals surface area contributed by atoms with Gasteiger partial charge in [0.2, 0.25) is 11.8 Å². The van der Waals surface area contributed by atoms with E-state index in [4.69, 9.17) is 19.9 Å². The Labute approximate surface area is 203 Å². The number of nitrogens with one attached hydrogen (secondary N) is 1. The van der Waals surface area contributed by atoms with Crippen LogP contribution in [-0.4, -0.2) is 16.8 Å². The first-order chi connectivity index (χ1) is 17.2. The molecule has 0 amide bonds. The highest BCUT2D eigenvalue weighted by Crippen LogP contribution is 2.46. The van der Waals surface area contributed by atoms with Gasteiger partial charge in [0.15, 0.2) is 0 Å². The Balaban J connectivity index is 1.48. The van der Waals surface area contributed by atoms with Crippen molar-refractivity contribution in [3.63, 3.8) is 0 Å². The minimum Gasteiger partial charge on any atom is -0.494 e. The maximum atomic E-state index is 9.94. The van der Waals surface area contributed by atoms with Gasteiger partial charge in [0.25, 0.3) is 0 Å². The number of nitrogens with zero attached hydrogens (tertiary/aromatic N) is 2. The standard InChI is InChI=1S/C28H24N4O3/c1-2-33-21-14-10-20(11-15-21)26-25-24(23(16-29)27(30)35-28(25)32-31-26)19-8-12-22(13-9-19)34-17-18-6-4-3-5-7-18/h3-15,24H,2,17,30H2,1H3,(H,31,32)/t24-/m0/s1. The number of nitrogens with two attached hydrogens (primary N) is 1. The van der Waals surface area contributed by atoms with Gasteiger partial charge in [0.1, 0.15) is 29.7 Å². The van der Waals surface area contributed by atoms with Crippen LogP contribution in [0, 0.1) is 11.3 Å². The molecule has 35 heavy (non-hydrogen) atoms. The van der Waals surface area contributed by atoms with E-state index in [1.54, 1.807) is 0 Å². The number of aromatic nitrogens is 2. The fourth-order valence-corrected chi connectivity index (χ4v) is 4.18. The average Bonchev–Trinajstić information content (AvgIpc) is 3.31. The summed E-state index contributed by atoms with van der Waals surface area (Å²) in [5.41, 5.74) is 10.8. The van der Waals surface area contributed by atoms with Crippen LogP contribution in [-0.2, 0) is 6.61 Å². The van der Waals surface area contributed by atoms with Crippen LogP contribution in [0.3, 0.4) is 0 Å². The summed E-state index contributed by atoms with van der Waals surface area (Å²) in [5, 5.41) is 17.3. The van der Waals surface area contributed by atoms with Crippen molar-refractivity contribution in [2.75, 3.05) is 6.61 Å². The third-order valence-electron chi connectivity index (χ3n) is 5.85. The molecule has 0 fully saturated rings. The maximum Gasteiger partial charge on any atom is 0.244 e. The molecular formula is C28H24N4O3. The van der Waals surface area contributed by atoms with Crippen LogP contribution in [0.25, 0.3) is 11.3 Å². The summed E-state index contributed by atoms with van der Waals surface area (Å²) in [4.78, 5) is 0. The summed E-state index contributed by atoms with van der Waals surface area (Å²) in [6.45, 7) is 3.01. The molecule has 4 aromatic rings. The first-order valence-electron chi connectivity index (χ1n) is 11.3. The van der Waals surface area contributed by atoms with Crippen LogP contribution < -0.4 is 19.9 Å². The Morgan fingerprint density at radius 2 is 1.66 bits per heavy atom. The van der Waals surface area contributed by atoms with E-state index < -0.39 is 5.92 Å². The number of ether oxygens (including phenoxy) is 3. The molecule has 3 aromatic carbocycles. The van der Waals surface area contributed by atoms with Crippen molar-refractivity contribution in [2.24, 2.45) is 5.73 Å². The molecule has 1 aliphatic heterocycles. The molecule has 0 saturated carbocycles. The van der Waals surface area contributed by atoms with E-state index in [9.17, 15) is 5.26 Å². The highest BCUT2D eigenvalue weighted by Gasteiger charge is 2.35. The number of nitriles is 1. The molecule has 5 rings (SSSR count). The van der Waals surface area contributed by atoms with E-state index >= 15 is 0 Å². The van der Waals surface area contributed by atoms with Gasteiger partial charge in [-0.2, -0.15) is 5.26 Å². The van der Waals surface area contributed by atoms with Crippen molar-refractivity contribution >= 4 is 0 Å². The normalized spacial score (nSPS) is 14.6. The number of aromatic amines is 1. The largest absolute Gasteiger partial charge is 0.494 e. The molecule has 1 aliphatic rings. The van der Waals surface area contributed by atoms with Gasteiger partial charge in [0, 0.05) is 5.56 Å². The molecule has 1 aromatic heterocycles. The first kappa shape index (κ1) is 22.1. The zero-order chi connectivity index (χ0) is 24.2. The minimum absolute atomic E-state index is 0.0548. The molecule has 0 bridgehead atoms. The lowest BCUT2D eigenvalue weighted by Crippen LogP contribution is -2.21. The molecule has 0 spiro atoms. The lowest BCUT2D eigenvalue weighted by molar-refractivity contribution is 0.306. The van der Waals surface area contributed by atoms with Crippen molar-refractivity contribution in [1.29, 1.82) is 5.26 Å². The summed E-state index contributed by atoms with van der Waals surface area (Å²) < 4.78 is 17.2. The van der Waals surface area contributed by atoms with Crippen LogP contribution in [0.15, 0.2) is 90.3 Å². The Hall–Kier alpha value is -4.70. The summed E-state index contributed by atoms with van der Waals surface area (Å²) in [6, 6.07) is 27.6. The number of hydrogen-bond donors (Lipinski definition) is 2. The van der Waals surface area contributed by atoms with Crippen molar-refractivity contribution in [3.8, 4) is 34.7 Å². The maximum absolute atomic E-state index is 9.94. The van der Waals surface area contributed by atoms with Gasteiger partial charge in [-0.25, -0.2) is 0 Å². The van der Waals surface area contributed by atoms with Crippen LogP contribution in [0.1, 0.15) is 29.5 Å². The number of benzene rings is 3. The zero-order valence-electron chi connectivity index (χ0n) is 19.2. The van der Waals surface area contributed by atoms with Crippen molar-refractivity contribution in [3.05, 3.63) is 107 Å². The number of rotatable bonds is 7. The smallest absolute Gasteiger partial charge is 0.244 e. The fourth-order valence-electron chi connectivity index (χ4n) is 4.18. The van der Waals surface area contributed by atoms with Gasteiger partial charge >= 0.3 is 0 Å². The third kappa shape index (κ3) is 4.42. The van der Waals surface area contributed by atoms with E-state index in [-0.39, 0.29) is 5.88 Å². The van der Waals surface area contributed by atoms with E-state index in [0.29, 0.717) is 24.7 Å². The lowest BCUT2D eigenvalue weighted by Gasteiger charge is -2.24. The van der Waals surface area contributed by atoms with Crippen LogP contribution in [0.5, 0.6) is 17.4 Å². The second-order valence-electron chi connectivity index (χ2n) is 8.04. The average molecular weight is 465 g/mol. The number of hydrogen-bond acceptors (Lipinski definition) is 6. The zero-order valence-corrected chi connectivity index (χ0v) is 19.2. The number of allylic oxidation sites excluding steroid dienone is 1. The highest BCUT2D eigenvalue weighted by atomic mass is 16.5. The van der Waals surface area contributed by atoms with Crippen molar-refractivity contribution in [2.45, 2.75) is 19.4 Å². The van der Waals surface area contributed by atoms with Gasteiger partial charge in [-0.1, -0.05) is 42.5 Å². The molecule has 2 heterocycles. The molecule has 0 unspecified atom stereocenters. The Kier molecular flexibility index (Phi) is 6.10. The molecule has 7 heteroatoms. The fraction of sp³-hybridized carbons (Fsp3) is 0.143. The molecule has 0 radical (unpaired) electrons. The summed E-state index contributed by atoms with van der Waals surface area (Å²) >= 11 is 0. The predicted octanol–water partition coefficient (Wildman–Crippen LogP) is 5.27. The Bertz CT molecular complexity index is 1390. The van der Waals surface area contributed by atoms with Gasteiger partial charge < -0.3 is 19.9 Å². The summed E-state index contributed by atoms with van der Waals surface area (Å²) in [7, 11) is 0. The topological polar surface area (TPSA) is 106 Å². The van der Waals surface area contributed by atoms with E-state index in [2.05, 4.69) is 16.3 Å². The van der Waals surface area contributed by atoms with E-state index in [1.807, 2.05) is 85.8 Å². The molecule has 0 saturated heterocycles. The monoisotopic (exact) mass is 464 g/mol. The molecule has 3 N–H and O–H groups in total. The van der Waals surface area contributed by atoms with Gasteiger partial charge in [0.05, 0.1) is 23.8 Å². The van der Waals surface area contributed by atoms with Gasteiger partial charge in [-0.15, -0.1) is 5.10 Å². The molecule has 0 aliphatic carbocycles. The molecular weight excluding hydrogens is 440 g/mol. The van der Waals surface area contributed by atoms with Gasteiger partial charge in [-0.05, 0) is 54.4 Å². The van der Waals surface area contributed by atoms with Crippen molar-refractivity contribution in [1.82, 2.24) is 10.2 Å². The quantitative estimate of drug-likeness (QED) is 0.386. The molecule has 1 atom stereocenters. The Morgan fingerprint density at radius 1 is 0.971 bits per heavy atom. The Morgan fingerprint density at radius 3 is 2.34 bits per heavy atom. The SMILES string of the molecule is CCOc1ccc(-c2[nH]nc3c2[C@@H](c2ccc(OCc4ccccc4)cc2)C(C#N)=C(N)O3)cc1. The highest BCUT2D eigenvalue weighted by molar-refractivity contribution is 5.71. The second-order valence-corrected chi connectivity index (χ2v) is 8.04.